The van der Waals surface area contributed by atoms with E-state index in [4.69, 9.17) is 0 Å². The monoisotopic (exact) mass is 298 g/mol. The largest absolute Gasteiger partial charge is 0.434 e. The smallest absolute Gasteiger partial charge is 0.387 e. The van der Waals surface area contributed by atoms with Gasteiger partial charge in [0.2, 0.25) is 0 Å². The number of rotatable bonds is 4. The van der Waals surface area contributed by atoms with Gasteiger partial charge in [-0.05, 0) is 31.5 Å². The third-order valence-corrected chi connectivity index (χ3v) is 3.90. The molecule has 0 aromatic heterocycles. The highest BCUT2D eigenvalue weighted by Gasteiger charge is 2.29. The van der Waals surface area contributed by atoms with Crippen molar-refractivity contribution in [1.82, 2.24) is 10.2 Å². The van der Waals surface area contributed by atoms with E-state index in [9.17, 15) is 13.6 Å². The number of ether oxygens (including phenoxy) is 1. The molecule has 1 heterocycles. The number of carbonyl (C=O) groups excluding carboxylic acids is 1. The summed E-state index contributed by atoms with van der Waals surface area (Å²) in [4.78, 5) is 14.2. The van der Waals surface area contributed by atoms with Crippen LogP contribution in [-0.4, -0.2) is 43.6 Å². The number of piperidine rings is 1. The number of nitrogens with one attached hydrogen (secondary N) is 1. The fourth-order valence-electron chi connectivity index (χ4n) is 2.77. The number of alkyl halides is 2. The van der Waals surface area contributed by atoms with Gasteiger partial charge in [-0.3, -0.25) is 4.79 Å². The molecule has 1 fully saturated rings. The number of amides is 1. The number of nitrogens with zero attached hydrogens (tertiary/aromatic N) is 1. The summed E-state index contributed by atoms with van der Waals surface area (Å²) in [6.07, 6.45) is 0.848. The summed E-state index contributed by atoms with van der Waals surface area (Å²) in [5.74, 6) is -0.00979. The maximum atomic E-state index is 12.5. The summed E-state index contributed by atoms with van der Waals surface area (Å²) in [6, 6.07) is 6.51. The van der Waals surface area contributed by atoms with Crippen molar-refractivity contribution in [3.05, 3.63) is 29.8 Å². The van der Waals surface area contributed by atoms with Gasteiger partial charge in [0.1, 0.15) is 5.75 Å². The number of hydrogen-bond donors (Lipinski definition) is 1. The number of halogens is 2. The SMILES string of the molecule is CNC1CCN(C(=O)c2ccccc2OC(F)F)CC1C. The second-order valence-corrected chi connectivity index (χ2v) is 5.29. The quantitative estimate of drug-likeness (QED) is 0.928. The first kappa shape index (κ1) is 15.7. The molecule has 4 nitrogen and oxygen atoms in total. The zero-order valence-electron chi connectivity index (χ0n) is 12.2. The molecule has 0 spiro atoms. The fraction of sp³-hybridized carbons (Fsp3) is 0.533. The molecule has 0 aliphatic carbocycles. The van der Waals surface area contributed by atoms with Crippen LogP contribution in [0.4, 0.5) is 8.78 Å². The molecule has 0 saturated carbocycles. The van der Waals surface area contributed by atoms with Crippen LogP contribution >= 0.6 is 0 Å². The number of likely N-dealkylation sites (tertiary alicyclic amines) is 1. The fourth-order valence-corrected chi connectivity index (χ4v) is 2.77. The van der Waals surface area contributed by atoms with Crippen LogP contribution in [0.3, 0.4) is 0 Å². The van der Waals surface area contributed by atoms with Crippen molar-refractivity contribution in [3.63, 3.8) is 0 Å². The van der Waals surface area contributed by atoms with E-state index >= 15 is 0 Å². The molecule has 1 amide bonds. The summed E-state index contributed by atoms with van der Waals surface area (Å²) in [6.45, 7) is 0.348. The first-order chi connectivity index (χ1) is 10.0. The van der Waals surface area contributed by atoms with Crippen molar-refractivity contribution in [2.24, 2.45) is 5.92 Å². The molecular formula is C15H20F2N2O2. The van der Waals surface area contributed by atoms with Gasteiger partial charge in [-0.25, -0.2) is 0 Å². The van der Waals surface area contributed by atoms with Gasteiger partial charge in [0.05, 0.1) is 5.56 Å². The molecule has 116 valence electrons. The van der Waals surface area contributed by atoms with Crippen molar-refractivity contribution in [3.8, 4) is 5.75 Å². The molecule has 0 bridgehead atoms. The Morgan fingerprint density at radius 3 is 2.76 bits per heavy atom. The molecule has 21 heavy (non-hydrogen) atoms. The zero-order valence-corrected chi connectivity index (χ0v) is 12.2. The van der Waals surface area contributed by atoms with Crippen LogP contribution in [-0.2, 0) is 0 Å². The van der Waals surface area contributed by atoms with Crippen molar-refractivity contribution in [2.75, 3.05) is 20.1 Å². The minimum absolute atomic E-state index is 0.0686. The minimum Gasteiger partial charge on any atom is -0.434 e. The molecule has 2 rings (SSSR count). The van der Waals surface area contributed by atoms with Gasteiger partial charge in [0.15, 0.2) is 0 Å². The van der Waals surface area contributed by atoms with E-state index in [1.54, 1.807) is 17.0 Å². The van der Waals surface area contributed by atoms with Crippen molar-refractivity contribution in [2.45, 2.75) is 26.0 Å². The van der Waals surface area contributed by atoms with Crippen LogP contribution in [0.1, 0.15) is 23.7 Å². The summed E-state index contributed by atoms with van der Waals surface area (Å²) in [5.41, 5.74) is 0.188. The van der Waals surface area contributed by atoms with Gasteiger partial charge >= 0.3 is 6.61 Å². The summed E-state index contributed by atoms with van der Waals surface area (Å²) in [5, 5.41) is 3.23. The highest BCUT2D eigenvalue weighted by molar-refractivity contribution is 5.97. The predicted octanol–water partition coefficient (Wildman–Crippen LogP) is 2.36. The normalized spacial score (nSPS) is 22.4. The maximum absolute atomic E-state index is 12.5. The molecule has 2 unspecified atom stereocenters. The molecule has 1 aromatic rings. The number of carbonyl (C=O) groups is 1. The van der Waals surface area contributed by atoms with Gasteiger partial charge in [-0.2, -0.15) is 8.78 Å². The molecular weight excluding hydrogens is 278 g/mol. The summed E-state index contributed by atoms with van der Waals surface area (Å²) < 4.78 is 29.3. The van der Waals surface area contributed by atoms with Crippen molar-refractivity contribution in [1.29, 1.82) is 0 Å². The third-order valence-electron chi connectivity index (χ3n) is 3.90. The molecule has 1 N–H and O–H groups in total. The average Bonchev–Trinajstić information content (AvgIpc) is 2.46. The standard InChI is InChI=1S/C15H20F2N2O2/c1-10-9-19(8-7-12(10)18-2)14(20)11-5-3-4-6-13(11)21-15(16)17/h3-6,10,12,15,18H,7-9H2,1-2H3. The summed E-state index contributed by atoms with van der Waals surface area (Å²) >= 11 is 0. The van der Waals surface area contributed by atoms with Gasteiger partial charge in [-0.1, -0.05) is 19.1 Å². The van der Waals surface area contributed by atoms with Crippen LogP contribution in [0.25, 0.3) is 0 Å². The van der Waals surface area contributed by atoms with Crippen molar-refractivity contribution < 1.29 is 18.3 Å². The van der Waals surface area contributed by atoms with Crippen LogP contribution in [0.15, 0.2) is 24.3 Å². The van der Waals surface area contributed by atoms with Crippen LogP contribution in [0.2, 0.25) is 0 Å². The lowest BCUT2D eigenvalue weighted by atomic mass is 9.93. The van der Waals surface area contributed by atoms with Gasteiger partial charge in [0, 0.05) is 19.1 Å². The van der Waals surface area contributed by atoms with E-state index in [0.29, 0.717) is 25.0 Å². The second-order valence-electron chi connectivity index (χ2n) is 5.29. The third kappa shape index (κ3) is 3.69. The zero-order chi connectivity index (χ0) is 15.4. The molecule has 2 atom stereocenters. The second kappa shape index (κ2) is 6.85. The topological polar surface area (TPSA) is 41.6 Å². The Balaban J connectivity index is 2.14. The predicted molar refractivity (Wildman–Crippen MR) is 75.6 cm³/mol. The lowest BCUT2D eigenvalue weighted by Crippen LogP contribution is -2.49. The van der Waals surface area contributed by atoms with E-state index in [-0.39, 0.29) is 17.2 Å². The van der Waals surface area contributed by atoms with E-state index in [2.05, 4.69) is 17.0 Å². The van der Waals surface area contributed by atoms with E-state index in [0.717, 1.165) is 6.42 Å². The van der Waals surface area contributed by atoms with Gasteiger partial charge in [-0.15, -0.1) is 0 Å². The van der Waals surface area contributed by atoms with E-state index in [1.807, 2.05) is 7.05 Å². The molecule has 6 heteroatoms. The van der Waals surface area contributed by atoms with Crippen LogP contribution < -0.4 is 10.1 Å². The van der Waals surface area contributed by atoms with Gasteiger partial charge in [0.25, 0.3) is 5.91 Å². The Morgan fingerprint density at radius 2 is 2.14 bits per heavy atom. The minimum atomic E-state index is -2.94. The molecule has 0 radical (unpaired) electrons. The lowest BCUT2D eigenvalue weighted by Gasteiger charge is -2.37. The van der Waals surface area contributed by atoms with E-state index in [1.165, 1.54) is 12.1 Å². The molecule has 1 aliphatic rings. The summed E-state index contributed by atoms with van der Waals surface area (Å²) in [7, 11) is 1.91. The maximum Gasteiger partial charge on any atom is 0.387 e. The first-order valence-electron chi connectivity index (χ1n) is 7.03. The highest BCUT2D eigenvalue weighted by atomic mass is 19.3. The van der Waals surface area contributed by atoms with Crippen LogP contribution in [0.5, 0.6) is 5.75 Å². The Bertz CT molecular complexity index is 496. The molecule has 1 aromatic carbocycles. The van der Waals surface area contributed by atoms with Crippen LogP contribution in [0, 0.1) is 5.92 Å². The first-order valence-corrected chi connectivity index (χ1v) is 7.03. The number of benzene rings is 1. The molecule has 1 saturated heterocycles. The van der Waals surface area contributed by atoms with Gasteiger partial charge < -0.3 is 15.0 Å². The Kier molecular flexibility index (Phi) is 5.12. The lowest BCUT2D eigenvalue weighted by molar-refractivity contribution is -0.0503. The van der Waals surface area contributed by atoms with E-state index < -0.39 is 6.61 Å². The Hall–Kier alpha value is -1.69. The molecule has 1 aliphatic heterocycles. The van der Waals surface area contributed by atoms with Crippen molar-refractivity contribution >= 4 is 5.91 Å². The number of hydrogen-bond acceptors (Lipinski definition) is 3. The Morgan fingerprint density at radius 1 is 1.43 bits per heavy atom. The number of para-hydroxylation sites is 1. The average molecular weight is 298 g/mol. The Labute approximate surface area is 123 Å². The highest BCUT2D eigenvalue weighted by Crippen LogP contribution is 2.24.